The third kappa shape index (κ3) is 1.88. The molecule has 0 radical (unpaired) electrons. The van der Waals surface area contributed by atoms with E-state index in [4.69, 9.17) is 5.73 Å². The fourth-order valence-corrected chi connectivity index (χ4v) is 4.23. The normalized spacial score (nSPS) is 16.2. The third-order valence-electron chi connectivity index (χ3n) is 3.76. The Hall–Kier alpha value is -1.94. The fourth-order valence-electron chi connectivity index (χ4n) is 2.68. The molecule has 102 valence electrons. The molecule has 1 aliphatic carbocycles. The molecule has 0 bridgehead atoms. The smallest absolute Gasteiger partial charge is 0.232 e. The number of benzene rings is 2. The van der Waals surface area contributed by atoms with Gasteiger partial charge < -0.3 is 5.73 Å². The molecule has 4 heteroatoms. The summed E-state index contributed by atoms with van der Waals surface area (Å²) in [6.45, 7) is 1.63. The Morgan fingerprint density at radius 1 is 1.05 bits per heavy atom. The molecule has 1 aliphatic rings. The van der Waals surface area contributed by atoms with Crippen LogP contribution >= 0.6 is 0 Å². The van der Waals surface area contributed by atoms with E-state index < -0.39 is 22.0 Å². The van der Waals surface area contributed by atoms with Crippen LogP contribution in [-0.2, 0) is 15.6 Å². The van der Waals surface area contributed by atoms with Crippen LogP contribution in [0.25, 0.3) is 11.1 Å². The first-order valence-electron chi connectivity index (χ1n) is 6.48. The van der Waals surface area contributed by atoms with E-state index in [1.807, 2.05) is 48.5 Å². The van der Waals surface area contributed by atoms with Gasteiger partial charge in [-0.1, -0.05) is 48.5 Å². The monoisotopic (exact) mass is 285 g/mol. The topological polar surface area (TPSA) is 60.2 Å². The number of rotatable bonds is 3. The van der Waals surface area contributed by atoms with Crippen molar-refractivity contribution in [3.8, 4) is 11.1 Å². The number of carbonyl (C=O) groups excluding carboxylic acids is 1. The van der Waals surface area contributed by atoms with Crippen LogP contribution < -0.4 is 5.73 Å². The Labute approximate surface area is 120 Å². The van der Waals surface area contributed by atoms with Gasteiger partial charge in [0.25, 0.3) is 0 Å². The lowest BCUT2D eigenvalue weighted by Gasteiger charge is -2.16. The zero-order valence-corrected chi connectivity index (χ0v) is 11.9. The molecule has 0 spiro atoms. The molecule has 2 N–H and O–H groups in total. The molecule has 20 heavy (non-hydrogen) atoms. The molecule has 0 saturated heterocycles. The highest BCUT2D eigenvalue weighted by molar-refractivity contribution is 7.86. The molecule has 0 heterocycles. The number of amides is 1. The minimum Gasteiger partial charge on any atom is -0.369 e. The van der Waals surface area contributed by atoms with Crippen LogP contribution in [0, 0.1) is 0 Å². The average molecular weight is 285 g/mol. The Balaban J connectivity index is 2.17. The molecule has 0 aromatic heterocycles. The molecule has 2 aromatic rings. The van der Waals surface area contributed by atoms with Crippen molar-refractivity contribution in [2.24, 2.45) is 5.73 Å². The number of nitrogens with two attached hydrogens (primary N) is 1. The summed E-state index contributed by atoms with van der Waals surface area (Å²) in [6, 6.07) is 15.8. The van der Waals surface area contributed by atoms with Gasteiger partial charge in [0, 0.05) is 10.8 Å². The van der Waals surface area contributed by atoms with Crippen molar-refractivity contribution in [2.45, 2.75) is 17.4 Å². The van der Waals surface area contributed by atoms with Crippen LogP contribution in [0.1, 0.15) is 23.3 Å². The molecule has 3 rings (SSSR count). The summed E-state index contributed by atoms with van der Waals surface area (Å²) < 4.78 is 12.7. The van der Waals surface area contributed by atoms with Crippen LogP contribution in [0.5, 0.6) is 0 Å². The van der Waals surface area contributed by atoms with Crippen LogP contribution in [0.4, 0.5) is 0 Å². The van der Waals surface area contributed by atoms with E-state index in [2.05, 4.69) is 0 Å². The second-order valence-corrected chi connectivity index (χ2v) is 6.76. The highest BCUT2D eigenvalue weighted by Crippen LogP contribution is 2.46. The van der Waals surface area contributed by atoms with E-state index in [1.54, 1.807) is 6.92 Å². The van der Waals surface area contributed by atoms with Gasteiger partial charge >= 0.3 is 0 Å². The Bertz CT molecular complexity index is 666. The van der Waals surface area contributed by atoms with E-state index in [9.17, 15) is 9.00 Å². The number of hydrogen-bond donors (Lipinski definition) is 1. The van der Waals surface area contributed by atoms with Crippen LogP contribution in [-0.4, -0.2) is 15.4 Å². The van der Waals surface area contributed by atoms with Crippen molar-refractivity contribution in [2.75, 3.05) is 0 Å². The lowest BCUT2D eigenvalue weighted by Crippen LogP contribution is -2.32. The summed E-state index contributed by atoms with van der Waals surface area (Å²) in [4.78, 5) is 11.4. The Morgan fingerprint density at radius 2 is 1.50 bits per heavy atom. The van der Waals surface area contributed by atoms with E-state index in [0.29, 0.717) is 0 Å². The molecule has 2 unspecified atom stereocenters. The van der Waals surface area contributed by atoms with Gasteiger partial charge in [-0.3, -0.25) is 9.00 Å². The van der Waals surface area contributed by atoms with E-state index in [0.717, 1.165) is 22.3 Å². The van der Waals surface area contributed by atoms with E-state index in [1.165, 1.54) is 0 Å². The summed E-state index contributed by atoms with van der Waals surface area (Å²) >= 11 is 0. The number of fused-ring (bicyclic) bond motifs is 3. The second kappa shape index (κ2) is 4.87. The summed E-state index contributed by atoms with van der Waals surface area (Å²) in [5.41, 5.74) is 9.53. The standard InChI is InChI=1S/C16H15NO2S/c1-10(16(17)18)20(19)15-13-8-4-2-6-11(13)12-7-3-5-9-14(12)15/h2-10,15H,1H3,(H2,17,18). The first kappa shape index (κ1) is 13.1. The van der Waals surface area contributed by atoms with Gasteiger partial charge in [-0.2, -0.15) is 0 Å². The minimum atomic E-state index is -1.37. The lowest BCUT2D eigenvalue weighted by atomic mass is 10.1. The van der Waals surface area contributed by atoms with Gasteiger partial charge in [0.15, 0.2) is 0 Å². The number of carbonyl (C=O) groups is 1. The number of hydrogen-bond acceptors (Lipinski definition) is 2. The van der Waals surface area contributed by atoms with Gasteiger partial charge in [0.2, 0.25) is 5.91 Å². The van der Waals surface area contributed by atoms with Crippen molar-refractivity contribution in [1.82, 2.24) is 0 Å². The van der Waals surface area contributed by atoms with Gasteiger partial charge in [0.1, 0.15) is 5.25 Å². The molecule has 2 aromatic carbocycles. The Morgan fingerprint density at radius 3 is 1.95 bits per heavy atom. The fraction of sp³-hybridized carbons (Fsp3) is 0.188. The van der Waals surface area contributed by atoms with Crippen molar-refractivity contribution in [3.05, 3.63) is 59.7 Å². The van der Waals surface area contributed by atoms with Crippen molar-refractivity contribution in [3.63, 3.8) is 0 Å². The van der Waals surface area contributed by atoms with Crippen molar-refractivity contribution in [1.29, 1.82) is 0 Å². The summed E-state index contributed by atoms with van der Waals surface area (Å²) in [6.07, 6.45) is 0. The van der Waals surface area contributed by atoms with Crippen LogP contribution in [0.2, 0.25) is 0 Å². The number of primary amides is 1. The van der Waals surface area contributed by atoms with Crippen LogP contribution in [0.15, 0.2) is 48.5 Å². The highest BCUT2D eigenvalue weighted by atomic mass is 32.2. The molecule has 0 aliphatic heterocycles. The zero-order chi connectivity index (χ0) is 14.3. The molecule has 1 amide bonds. The summed E-state index contributed by atoms with van der Waals surface area (Å²) in [5.74, 6) is -0.523. The molecule has 0 fully saturated rings. The summed E-state index contributed by atoms with van der Waals surface area (Å²) in [5, 5.41) is -0.941. The first-order chi connectivity index (χ1) is 9.61. The molecule has 2 atom stereocenters. The van der Waals surface area contributed by atoms with E-state index >= 15 is 0 Å². The molecule has 3 nitrogen and oxygen atoms in total. The predicted molar refractivity (Wildman–Crippen MR) is 80.5 cm³/mol. The van der Waals surface area contributed by atoms with Gasteiger partial charge in [-0.15, -0.1) is 0 Å². The SMILES string of the molecule is CC(C(N)=O)S(=O)C1c2ccccc2-c2ccccc21. The van der Waals surface area contributed by atoms with Gasteiger partial charge in [-0.25, -0.2) is 0 Å². The highest BCUT2D eigenvalue weighted by Gasteiger charge is 2.35. The van der Waals surface area contributed by atoms with Crippen LogP contribution in [0.3, 0.4) is 0 Å². The summed E-state index contributed by atoms with van der Waals surface area (Å²) in [7, 11) is -1.37. The average Bonchev–Trinajstić information content (AvgIpc) is 2.80. The maximum absolute atomic E-state index is 12.7. The van der Waals surface area contributed by atoms with E-state index in [-0.39, 0.29) is 5.25 Å². The maximum Gasteiger partial charge on any atom is 0.232 e. The maximum atomic E-state index is 12.7. The first-order valence-corrected chi connectivity index (χ1v) is 7.76. The van der Waals surface area contributed by atoms with Gasteiger partial charge in [0.05, 0.1) is 5.25 Å². The van der Waals surface area contributed by atoms with Crippen molar-refractivity contribution < 1.29 is 9.00 Å². The largest absolute Gasteiger partial charge is 0.369 e. The lowest BCUT2D eigenvalue weighted by molar-refractivity contribution is -0.117. The molecule has 0 saturated carbocycles. The molecular formula is C16H15NO2S. The molecular weight excluding hydrogens is 270 g/mol. The quantitative estimate of drug-likeness (QED) is 0.941. The Kier molecular flexibility index (Phi) is 3.18. The minimum absolute atomic E-state index is 0.273. The third-order valence-corrected chi connectivity index (χ3v) is 5.66. The second-order valence-electron chi connectivity index (χ2n) is 4.93. The predicted octanol–water partition coefficient (Wildman–Crippen LogP) is 2.38. The zero-order valence-electron chi connectivity index (χ0n) is 11.1. The van der Waals surface area contributed by atoms with Crippen molar-refractivity contribution >= 4 is 16.7 Å². The van der Waals surface area contributed by atoms with Gasteiger partial charge in [-0.05, 0) is 29.2 Å².